The minimum Gasteiger partial charge on any atom is -0.376 e. The largest absolute Gasteiger partial charge is 0.376 e. The number of nitrogens with one attached hydrogen (secondary N) is 1. The number of hydrogen-bond acceptors (Lipinski definition) is 1. The van der Waals surface area contributed by atoms with Gasteiger partial charge in [-0.3, -0.25) is 0 Å². The highest BCUT2D eigenvalue weighted by atomic mass is 79.9. The summed E-state index contributed by atoms with van der Waals surface area (Å²) in [5, 5.41) is 3.30. The van der Waals surface area contributed by atoms with E-state index in [1.807, 2.05) is 31.2 Å². The van der Waals surface area contributed by atoms with Gasteiger partial charge in [-0.15, -0.1) is 0 Å². The Morgan fingerprint density at radius 1 is 1.46 bits per heavy atom. The summed E-state index contributed by atoms with van der Waals surface area (Å²) in [7, 11) is 0. The number of benzene rings is 1. The maximum absolute atomic E-state index is 5.37. The van der Waals surface area contributed by atoms with E-state index in [1.54, 1.807) is 0 Å². The van der Waals surface area contributed by atoms with E-state index in [1.165, 1.54) is 0 Å². The van der Waals surface area contributed by atoms with Crippen LogP contribution in [0.2, 0.25) is 0 Å². The Morgan fingerprint density at radius 3 is 2.46 bits per heavy atom. The van der Waals surface area contributed by atoms with Crippen molar-refractivity contribution in [3.8, 4) is 0 Å². The smallest absolute Gasteiger partial charge is 0.164 e. The molecule has 0 saturated carbocycles. The fourth-order valence-corrected chi connectivity index (χ4v) is 1.49. The summed E-state index contributed by atoms with van der Waals surface area (Å²) < 4.78 is 1.07. The normalized spacial score (nSPS) is 12.2. The minimum atomic E-state index is 0.158. The highest BCUT2D eigenvalue weighted by Gasteiger charge is 2.03. The lowest BCUT2D eigenvalue weighted by Crippen LogP contribution is -2.31. The molecule has 0 aliphatic rings. The molecule has 0 heterocycles. The first kappa shape index (κ1) is 10.5. The standard InChI is InChI=1S/C9H11BrN2S/c1-6(12-9(11)13)7-2-4-8(10)5-3-7/h2-6H,1H3,(H3,11,12,13). The zero-order chi connectivity index (χ0) is 9.84. The highest BCUT2D eigenvalue weighted by Crippen LogP contribution is 2.15. The van der Waals surface area contributed by atoms with Crippen molar-refractivity contribution in [2.45, 2.75) is 13.0 Å². The van der Waals surface area contributed by atoms with Crippen molar-refractivity contribution in [3.63, 3.8) is 0 Å². The number of rotatable bonds is 2. The van der Waals surface area contributed by atoms with Crippen LogP contribution < -0.4 is 11.1 Å². The lowest BCUT2D eigenvalue weighted by Gasteiger charge is -2.13. The van der Waals surface area contributed by atoms with Crippen molar-refractivity contribution in [1.29, 1.82) is 0 Å². The van der Waals surface area contributed by atoms with Gasteiger partial charge in [0.1, 0.15) is 0 Å². The van der Waals surface area contributed by atoms with Gasteiger partial charge in [0.15, 0.2) is 5.11 Å². The third-order valence-corrected chi connectivity index (χ3v) is 2.38. The molecule has 2 nitrogen and oxygen atoms in total. The maximum atomic E-state index is 5.37. The van der Waals surface area contributed by atoms with Crippen LogP contribution in [0.4, 0.5) is 0 Å². The zero-order valence-corrected chi connectivity index (χ0v) is 9.65. The van der Waals surface area contributed by atoms with Crippen molar-refractivity contribution in [3.05, 3.63) is 34.3 Å². The van der Waals surface area contributed by atoms with Gasteiger partial charge in [-0.2, -0.15) is 0 Å². The van der Waals surface area contributed by atoms with E-state index in [-0.39, 0.29) is 6.04 Å². The molecule has 0 spiro atoms. The average molecular weight is 259 g/mol. The molecule has 1 atom stereocenters. The molecule has 0 aliphatic carbocycles. The summed E-state index contributed by atoms with van der Waals surface area (Å²) in [5.41, 5.74) is 6.53. The van der Waals surface area contributed by atoms with Crippen LogP contribution in [-0.4, -0.2) is 5.11 Å². The van der Waals surface area contributed by atoms with E-state index in [4.69, 9.17) is 18.0 Å². The van der Waals surface area contributed by atoms with Crippen molar-refractivity contribution < 1.29 is 0 Å². The first-order valence-corrected chi connectivity index (χ1v) is 5.11. The summed E-state index contributed by atoms with van der Waals surface area (Å²) in [6.45, 7) is 2.02. The summed E-state index contributed by atoms with van der Waals surface area (Å²) in [4.78, 5) is 0. The van der Waals surface area contributed by atoms with Crippen LogP contribution in [0.1, 0.15) is 18.5 Å². The monoisotopic (exact) mass is 258 g/mol. The number of halogens is 1. The molecule has 0 bridgehead atoms. The first-order chi connectivity index (χ1) is 6.09. The van der Waals surface area contributed by atoms with Crippen LogP contribution in [0, 0.1) is 0 Å². The van der Waals surface area contributed by atoms with Gasteiger partial charge in [0.25, 0.3) is 0 Å². The molecule has 0 fully saturated rings. The Kier molecular flexibility index (Phi) is 3.69. The molecule has 13 heavy (non-hydrogen) atoms. The molecule has 3 N–H and O–H groups in total. The van der Waals surface area contributed by atoms with E-state index < -0.39 is 0 Å². The molecule has 4 heteroatoms. The zero-order valence-electron chi connectivity index (χ0n) is 7.25. The van der Waals surface area contributed by atoms with E-state index in [0.717, 1.165) is 10.0 Å². The lowest BCUT2D eigenvalue weighted by atomic mass is 10.1. The maximum Gasteiger partial charge on any atom is 0.164 e. The van der Waals surface area contributed by atoms with Crippen molar-refractivity contribution in [1.82, 2.24) is 5.32 Å². The second kappa shape index (κ2) is 4.58. The van der Waals surface area contributed by atoms with Crippen molar-refractivity contribution >= 4 is 33.3 Å². The summed E-state index contributed by atoms with van der Waals surface area (Å²) in [6.07, 6.45) is 0. The number of hydrogen-bond donors (Lipinski definition) is 2. The van der Waals surface area contributed by atoms with Gasteiger partial charge in [-0.25, -0.2) is 0 Å². The van der Waals surface area contributed by atoms with Crippen molar-refractivity contribution in [2.24, 2.45) is 5.73 Å². The molecule has 0 aromatic heterocycles. The van der Waals surface area contributed by atoms with Gasteiger partial charge >= 0.3 is 0 Å². The van der Waals surface area contributed by atoms with Crippen LogP contribution in [0.15, 0.2) is 28.7 Å². The Hall–Kier alpha value is -0.610. The molecule has 0 amide bonds. The van der Waals surface area contributed by atoms with Gasteiger partial charge in [0.05, 0.1) is 6.04 Å². The molecule has 1 unspecified atom stereocenters. The van der Waals surface area contributed by atoms with Crippen molar-refractivity contribution in [2.75, 3.05) is 0 Å². The number of thiocarbonyl (C=S) groups is 1. The summed E-state index contributed by atoms with van der Waals surface area (Å²) in [6, 6.07) is 8.20. The SMILES string of the molecule is CC(NC(N)=S)c1ccc(Br)cc1. The molecular weight excluding hydrogens is 248 g/mol. The van der Waals surface area contributed by atoms with E-state index in [9.17, 15) is 0 Å². The Labute approximate surface area is 91.6 Å². The fourth-order valence-electron chi connectivity index (χ4n) is 1.05. The Balaban J connectivity index is 2.71. The van der Waals surface area contributed by atoms with Gasteiger partial charge in [0.2, 0.25) is 0 Å². The van der Waals surface area contributed by atoms with E-state index in [2.05, 4.69) is 21.2 Å². The highest BCUT2D eigenvalue weighted by molar-refractivity contribution is 9.10. The predicted molar refractivity (Wildman–Crippen MR) is 62.5 cm³/mol. The molecule has 0 radical (unpaired) electrons. The summed E-state index contributed by atoms with van der Waals surface area (Å²) in [5.74, 6) is 0. The van der Waals surface area contributed by atoms with Crippen LogP contribution in [0.5, 0.6) is 0 Å². The summed E-state index contributed by atoms with van der Waals surface area (Å²) >= 11 is 8.13. The Morgan fingerprint density at radius 2 is 2.00 bits per heavy atom. The van der Waals surface area contributed by atoms with Gasteiger partial charge in [-0.1, -0.05) is 28.1 Å². The third kappa shape index (κ3) is 3.32. The fraction of sp³-hybridized carbons (Fsp3) is 0.222. The van der Waals surface area contributed by atoms with Crippen LogP contribution in [-0.2, 0) is 0 Å². The van der Waals surface area contributed by atoms with Crippen LogP contribution in [0.3, 0.4) is 0 Å². The quantitative estimate of drug-likeness (QED) is 0.800. The van der Waals surface area contributed by atoms with Crippen LogP contribution >= 0.6 is 28.1 Å². The topological polar surface area (TPSA) is 38.0 Å². The molecular formula is C9H11BrN2S. The molecule has 1 aromatic rings. The van der Waals surface area contributed by atoms with Gasteiger partial charge < -0.3 is 11.1 Å². The van der Waals surface area contributed by atoms with E-state index in [0.29, 0.717) is 5.11 Å². The molecule has 0 aliphatic heterocycles. The molecule has 70 valence electrons. The van der Waals surface area contributed by atoms with E-state index >= 15 is 0 Å². The number of nitrogens with two attached hydrogens (primary N) is 1. The molecule has 1 aromatic carbocycles. The molecule has 0 saturated heterocycles. The second-order valence-corrected chi connectivity index (χ2v) is 4.14. The van der Waals surface area contributed by atoms with Gasteiger partial charge in [0, 0.05) is 4.47 Å². The third-order valence-electron chi connectivity index (χ3n) is 1.73. The predicted octanol–water partition coefficient (Wildman–Crippen LogP) is 2.34. The Bertz CT molecular complexity index is 297. The lowest BCUT2D eigenvalue weighted by molar-refractivity contribution is 0.719. The first-order valence-electron chi connectivity index (χ1n) is 3.91. The van der Waals surface area contributed by atoms with Crippen LogP contribution in [0.25, 0.3) is 0 Å². The minimum absolute atomic E-state index is 0.158. The average Bonchev–Trinajstić information content (AvgIpc) is 2.04. The van der Waals surface area contributed by atoms with Gasteiger partial charge in [-0.05, 0) is 36.8 Å². The molecule has 1 rings (SSSR count). The second-order valence-electron chi connectivity index (χ2n) is 2.78.